The molecular weight excluding hydrogens is 434 g/mol. The molecule has 0 fully saturated rings. The number of carbonyl (C=O) groups excluding carboxylic acids is 2. The third kappa shape index (κ3) is 6.29. The molecule has 2 amide bonds. The maximum absolute atomic E-state index is 12.5. The highest BCUT2D eigenvalue weighted by atomic mass is 32.2. The molecule has 0 aliphatic carbocycles. The molecule has 4 N–H and O–H groups in total. The first-order valence-electron chi connectivity index (χ1n) is 10.6. The van der Waals surface area contributed by atoms with Gasteiger partial charge < -0.3 is 21.1 Å². The van der Waals surface area contributed by atoms with E-state index in [1.54, 1.807) is 67.2 Å². The van der Waals surface area contributed by atoms with Crippen LogP contribution < -0.4 is 16.4 Å². The standard InChI is InChI=1S/C26H29N3O3S/c1-17(32-25(31)29-26(2,3)20-13-15-21(33-4)16-14-20)18-9-11-19(12-10-18)24(30)28-23-8-6-5-7-22(23)27/h5-17H,27H2,1-4H3,(H,28,30)(H,29,31)/t17-/m1/s1. The molecule has 0 aliphatic heterocycles. The molecule has 0 aliphatic rings. The average Bonchev–Trinajstić information content (AvgIpc) is 2.80. The van der Waals surface area contributed by atoms with E-state index in [2.05, 4.69) is 10.6 Å². The zero-order valence-electron chi connectivity index (χ0n) is 19.2. The zero-order chi connectivity index (χ0) is 24.0. The molecule has 3 aromatic rings. The number of para-hydroxylation sites is 2. The van der Waals surface area contributed by atoms with Gasteiger partial charge in [-0.1, -0.05) is 36.4 Å². The number of nitrogen functional groups attached to an aromatic ring is 1. The molecule has 0 aromatic heterocycles. The highest BCUT2D eigenvalue weighted by Crippen LogP contribution is 2.25. The van der Waals surface area contributed by atoms with Crippen LogP contribution in [0.4, 0.5) is 16.2 Å². The highest BCUT2D eigenvalue weighted by molar-refractivity contribution is 7.98. The summed E-state index contributed by atoms with van der Waals surface area (Å²) < 4.78 is 5.58. The summed E-state index contributed by atoms with van der Waals surface area (Å²) in [5.74, 6) is -0.264. The smallest absolute Gasteiger partial charge is 0.408 e. The molecule has 0 radical (unpaired) electrons. The second kappa shape index (κ2) is 10.4. The highest BCUT2D eigenvalue weighted by Gasteiger charge is 2.25. The van der Waals surface area contributed by atoms with Gasteiger partial charge in [0.25, 0.3) is 5.91 Å². The molecule has 33 heavy (non-hydrogen) atoms. The lowest BCUT2D eigenvalue weighted by Gasteiger charge is -2.27. The number of benzene rings is 3. The fourth-order valence-corrected chi connectivity index (χ4v) is 3.71. The van der Waals surface area contributed by atoms with Crippen LogP contribution in [0.5, 0.6) is 0 Å². The van der Waals surface area contributed by atoms with Crippen LogP contribution in [0.1, 0.15) is 48.4 Å². The Balaban J connectivity index is 1.59. The molecule has 1 atom stereocenters. The maximum Gasteiger partial charge on any atom is 0.408 e. The van der Waals surface area contributed by atoms with Gasteiger partial charge >= 0.3 is 6.09 Å². The van der Waals surface area contributed by atoms with Gasteiger partial charge in [-0.2, -0.15) is 0 Å². The van der Waals surface area contributed by atoms with Crippen molar-refractivity contribution in [3.63, 3.8) is 0 Å². The minimum absolute atomic E-state index is 0.264. The Morgan fingerprint density at radius 2 is 1.61 bits per heavy atom. The molecular formula is C26H29N3O3S. The Bertz CT molecular complexity index is 1110. The first kappa shape index (κ1) is 24.2. The van der Waals surface area contributed by atoms with Gasteiger partial charge in [0.2, 0.25) is 0 Å². The van der Waals surface area contributed by atoms with E-state index in [0.29, 0.717) is 16.9 Å². The summed E-state index contributed by atoms with van der Waals surface area (Å²) in [4.78, 5) is 26.2. The van der Waals surface area contributed by atoms with Crippen LogP contribution in [0.3, 0.4) is 0 Å². The van der Waals surface area contributed by atoms with Crippen LogP contribution in [-0.2, 0) is 10.3 Å². The van der Waals surface area contributed by atoms with E-state index in [-0.39, 0.29) is 5.91 Å². The van der Waals surface area contributed by atoms with Gasteiger partial charge in [0.15, 0.2) is 0 Å². The molecule has 0 bridgehead atoms. The summed E-state index contributed by atoms with van der Waals surface area (Å²) >= 11 is 1.67. The predicted molar refractivity (Wildman–Crippen MR) is 135 cm³/mol. The van der Waals surface area contributed by atoms with Crippen molar-refractivity contribution in [2.75, 3.05) is 17.3 Å². The van der Waals surface area contributed by atoms with Gasteiger partial charge in [-0.3, -0.25) is 4.79 Å². The van der Waals surface area contributed by atoms with E-state index in [1.165, 1.54) is 0 Å². The summed E-state index contributed by atoms with van der Waals surface area (Å²) in [5, 5.41) is 5.72. The van der Waals surface area contributed by atoms with E-state index in [9.17, 15) is 9.59 Å². The largest absolute Gasteiger partial charge is 0.442 e. The fraction of sp³-hybridized carbons (Fsp3) is 0.231. The summed E-state index contributed by atoms with van der Waals surface area (Å²) in [6, 6.07) is 22.1. The van der Waals surface area contributed by atoms with Crippen molar-refractivity contribution < 1.29 is 14.3 Å². The van der Waals surface area contributed by atoms with Crippen LogP contribution >= 0.6 is 11.8 Å². The number of nitrogens with two attached hydrogens (primary N) is 1. The third-order valence-electron chi connectivity index (χ3n) is 5.36. The molecule has 3 aromatic carbocycles. The molecule has 6 nitrogen and oxygen atoms in total. The minimum atomic E-state index is -0.588. The van der Waals surface area contributed by atoms with Gasteiger partial charge in [0, 0.05) is 10.5 Å². The van der Waals surface area contributed by atoms with Gasteiger partial charge in [0.1, 0.15) is 6.10 Å². The summed E-state index contributed by atoms with van der Waals surface area (Å²) in [6.45, 7) is 5.65. The Morgan fingerprint density at radius 1 is 0.970 bits per heavy atom. The van der Waals surface area contributed by atoms with Gasteiger partial charge in [0.05, 0.1) is 16.9 Å². The number of ether oxygens (including phenoxy) is 1. The lowest BCUT2D eigenvalue weighted by molar-refractivity contribution is 0.0979. The average molecular weight is 464 g/mol. The molecule has 0 unspecified atom stereocenters. The first-order chi connectivity index (χ1) is 15.7. The van der Waals surface area contributed by atoms with E-state index in [0.717, 1.165) is 16.0 Å². The quantitative estimate of drug-likeness (QED) is 0.297. The second-order valence-electron chi connectivity index (χ2n) is 8.19. The lowest BCUT2D eigenvalue weighted by Crippen LogP contribution is -2.41. The minimum Gasteiger partial charge on any atom is -0.442 e. The Hall–Kier alpha value is -3.45. The first-order valence-corrected chi connectivity index (χ1v) is 11.8. The number of rotatable bonds is 7. The number of hydrogen-bond acceptors (Lipinski definition) is 5. The van der Waals surface area contributed by atoms with Crippen molar-refractivity contribution in [1.82, 2.24) is 5.32 Å². The molecule has 0 saturated carbocycles. The normalized spacial score (nSPS) is 12.0. The number of thioether (sulfide) groups is 1. The fourth-order valence-electron chi connectivity index (χ4n) is 3.30. The summed E-state index contributed by atoms with van der Waals surface area (Å²) in [5.41, 5.74) is 8.60. The van der Waals surface area contributed by atoms with Crippen LogP contribution in [-0.4, -0.2) is 18.3 Å². The predicted octanol–water partition coefficient (Wildman–Crippen LogP) is 5.97. The Kier molecular flexibility index (Phi) is 7.66. The number of alkyl carbamates (subject to hydrolysis) is 1. The van der Waals surface area contributed by atoms with Crippen molar-refractivity contribution in [1.29, 1.82) is 0 Å². The number of amides is 2. The third-order valence-corrected chi connectivity index (χ3v) is 6.10. The van der Waals surface area contributed by atoms with Crippen molar-refractivity contribution in [2.24, 2.45) is 0 Å². The van der Waals surface area contributed by atoms with Gasteiger partial charge in [-0.25, -0.2) is 4.79 Å². The number of carbonyl (C=O) groups is 2. The topological polar surface area (TPSA) is 93.4 Å². The molecule has 0 saturated heterocycles. The monoisotopic (exact) mass is 463 g/mol. The SMILES string of the molecule is CSc1ccc(C(C)(C)NC(=O)O[C@H](C)c2ccc(C(=O)Nc3ccccc3N)cc2)cc1. The van der Waals surface area contributed by atoms with Crippen LogP contribution in [0.2, 0.25) is 0 Å². The van der Waals surface area contributed by atoms with Crippen molar-refractivity contribution in [2.45, 2.75) is 37.3 Å². The molecule has 7 heteroatoms. The van der Waals surface area contributed by atoms with Crippen LogP contribution in [0, 0.1) is 0 Å². The summed E-state index contributed by atoms with van der Waals surface area (Å²) in [7, 11) is 0. The Morgan fingerprint density at radius 3 is 2.21 bits per heavy atom. The van der Waals surface area contributed by atoms with Crippen molar-refractivity contribution >= 4 is 35.1 Å². The van der Waals surface area contributed by atoms with E-state index < -0.39 is 17.7 Å². The molecule has 172 valence electrons. The number of anilines is 2. The van der Waals surface area contributed by atoms with Crippen molar-refractivity contribution in [3.05, 3.63) is 89.5 Å². The molecule has 0 spiro atoms. The Labute approximate surface area is 198 Å². The van der Waals surface area contributed by atoms with Crippen LogP contribution in [0.25, 0.3) is 0 Å². The second-order valence-corrected chi connectivity index (χ2v) is 9.07. The molecule has 0 heterocycles. The maximum atomic E-state index is 12.5. The van der Waals surface area contributed by atoms with Crippen molar-refractivity contribution in [3.8, 4) is 0 Å². The lowest BCUT2D eigenvalue weighted by atomic mass is 9.95. The van der Waals surface area contributed by atoms with Gasteiger partial charge in [-0.05, 0) is 74.6 Å². The number of nitrogens with one attached hydrogen (secondary N) is 2. The van der Waals surface area contributed by atoms with E-state index in [1.807, 2.05) is 44.4 Å². The van der Waals surface area contributed by atoms with Crippen LogP contribution in [0.15, 0.2) is 77.7 Å². The van der Waals surface area contributed by atoms with Gasteiger partial charge in [-0.15, -0.1) is 11.8 Å². The zero-order valence-corrected chi connectivity index (χ0v) is 20.0. The number of hydrogen-bond donors (Lipinski definition) is 3. The van der Waals surface area contributed by atoms with E-state index in [4.69, 9.17) is 10.5 Å². The molecule has 3 rings (SSSR count). The van der Waals surface area contributed by atoms with E-state index >= 15 is 0 Å². The summed E-state index contributed by atoms with van der Waals surface area (Å²) in [6.07, 6.45) is 1.03.